The quantitative estimate of drug-likeness (QED) is 0.604. The Balaban J connectivity index is 4.11. The smallest absolute Gasteiger partial charge is 0.279 e. The van der Waals surface area contributed by atoms with Crippen LogP contribution in [0, 0.1) is 0 Å². The molecule has 1 unspecified atom stereocenters. The van der Waals surface area contributed by atoms with Crippen LogP contribution in [-0.2, 0) is 9.36 Å². The number of carbonyl (C=O) groups excluding carboxylic acids is 1. The highest BCUT2D eigenvalue weighted by Crippen LogP contribution is 2.63. The lowest BCUT2D eigenvalue weighted by atomic mass is 10.3. The number of rotatable bonds is 6. The molecule has 0 aromatic carbocycles. The number of nitrogens with one attached hydrogen (secondary N) is 1. The second kappa shape index (κ2) is 7.29. The Morgan fingerprint density at radius 1 is 1.50 bits per heavy atom. The molecule has 0 aliphatic heterocycles. The summed E-state index contributed by atoms with van der Waals surface area (Å²) in [6, 6.07) is 0. The van der Waals surface area contributed by atoms with Gasteiger partial charge in [0.2, 0.25) is 5.91 Å². The topological polar surface area (TPSA) is 46.2 Å². The van der Waals surface area contributed by atoms with Crippen molar-refractivity contribution >= 4 is 57.6 Å². The highest BCUT2D eigenvalue weighted by Gasteiger charge is 2.23. The normalized spacial score (nSPS) is 13.7. The summed E-state index contributed by atoms with van der Waals surface area (Å²) >= 11 is 13.4. The molecule has 0 aromatic rings. The summed E-state index contributed by atoms with van der Waals surface area (Å²) in [5, 5.41) is 2.05. The van der Waals surface area contributed by atoms with Gasteiger partial charge in [-0.05, 0) is 12.5 Å². The average molecular weight is 296 g/mol. The van der Waals surface area contributed by atoms with Gasteiger partial charge in [0.15, 0.2) is 0 Å². The lowest BCUT2D eigenvalue weighted by molar-refractivity contribution is -0.119. The highest BCUT2D eigenvalue weighted by molar-refractivity contribution is 8.89. The second-order valence-electron chi connectivity index (χ2n) is 2.35. The fourth-order valence-corrected chi connectivity index (χ4v) is 4.55. The van der Waals surface area contributed by atoms with Crippen LogP contribution >= 0.6 is 51.7 Å². The van der Waals surface area contributed by atoms with Crippen molar-refractivity contribution in [3.63, 3.8) is 0 Å². The number of amides is 1. The standard InChI is InChI=1S/C6H12Cl2NO2PS2/c1-13-12(11,14-2)9-6(10)3-5(8)4-7/h5H,3-4H2,1-2H3,(H,9,10,11). The minimum Gasteiger partial charge on any atom is -0.291 e. The lowest BCUT2D eigenvalue weighted by Crippen LogP contribution is -2.22. The maximum absolute atomic E-state index is 11.7. The van der Waals surface area contributed by atoms with Gasteiger partial charge in [-0.3, -0.25) is 14.4 Å². The first-order valence-corrected chi connectivity index (χ1v) is 10.0. The molecule has 84 valence electrons. The molecular weight excluding hydrogens is 284 g/mol. The zero-order chi connectivity index (χ0) is 11.2. The molecule has 0 aliphatic rings. The molecule has 0 aliphatic carbocycles. The van der Waals surface area contributed by atoms with Crippen molar-refractivity contribution in [3.8, 4) is 0 Å². The van der Waals surface area contributed by atoms with Crippen molar-refractivity contribution in [2.75, 3.05) is 18.4 Å². The van der Waals surface area contributed by atoms with Gasteiger partial charge < -0.3 is 0 Å². The Morgan fingerprint density at radius 3 is 2.36 bits per heavy atom. The first kappa shape index (κ1) is 15.0. The third-order valence-electron chi connectivity index (χ3n) is 1.32. The van der Waals surface area contributed by atoms with Crippen molar-refractivity contribution in [3.05, 3.63) is 0 Å². The molecule has 0 rings (SSSR count). The van der Waals surface area contributed by atoms with Crippen LogP contribution in [0.3, 0.4) is 0 Å². The maximum Gasteiger partial charge on any atom is 0.279 e. The third-order valence-corrected chi connectivity index (χ3v) is 9.76. The van der Waals surface area contributed by atoms with Gasteiger partial charge in [0, 0.05) is 12.3 Å². The molecule has 0 heterocycles. The predicted molar refractivity (Wildman–Crippen MR) is 67.8 cm³/mol. The molecule has 1 amide bonds. The van der Waals surface area contributed by atoms with E-state index in [-0.39, 0.29) is 18.2 Å². The molecule has 0 saturated heterocycles. The monoisotopic (exact) mass is 295 g/mol. The van der Waals surface area contributed by atoms with Gasteiger partial charge in [-0.15, -0.1) is 23.2 Å². The van der Waals surface area contributed by atoms with E-state index in [9.17, 15) is 9.36 Å². The summed E-state index contributed by atoms with van der Waals surface area (Å²) in [5.74, 6) is -0.115. The first-order valence-electron chi connectivity index (χ1n) is 3.70. The number of hydrogen-bond donors (Lipinski definition) is 1. The van der Waals surface area contributed by atoms with E-state index in [1.807, 2.05) is 0 Å². The number of carbonyl (C=O) groups is 1. The Hall–Kier alpha value is 0.980. The zero-order valence-corrected chi connectivity index (χ0v) is 11.9. The van der Waals surface area contributed by atoms with Crippen LogP contribution in [0.25, 0.3) is 0 Å². The summed E-state index contributed by atoms with van der Waals surface area (Å²) in [6.07, 6.45) is 3.48. The molecule has 1 N–H and O–H groups in total. The van der Waals surface area contributed by atoms with Crippen molar-refractivity contribution in [1.82, 2.24) is 5.09 Å². The Morgan fingerprint density at radius 2 is 2.00 bits per heavy atom. The molecule has 1 atom stereocenters. The van der Waals surface area contributed by atoms with Gasteiger partial charge in [-0.25, -0.2) is 0 Å². The first-order chi connectivity index (χ1) is 6.47. The minimum atomic E-state index is -2.67. The van der Waals surface area contributed by atoms with Crippen LogP contribution in [0.4, 0.5) is 0 Å². The van der Waals surface area contributed by atoms with Gasteiger partial charge in [0.05, 0.1) is 5.38 Å². The average Bonchev–Trinajstić information content (AvgIpc) is 2.17. The van der Waals surface area contributed by atoms with Gasteiger partial charge in [0.25, 0.3) is 5.70 Å². The van der Waals surface area contributed by atoms with Crippen molar-refractivity contribution in [1.29, 1.82) is 0 Å². The molecule has 0 spiro atoms. The molecule has 3 nitrogen and oxygen atoms in total. The highest BCUT2D eigenvalue weighted by atomic mass is 35.5. The predicted octanol–water partition coefficient (Wildman–Crippen LogP) is 3.17. The fraction of sp³-hybridized carbons (Fsp3) is 0.833. The molecule has 0 saturated carbocycles. The van der Waals surface area contributed by atoms with E-state index in [0.29, 0.717) is 0 Å². The Kier molecular flexibility index (Phi) is 7.80. The van der Waals surface area contributed by atoms with Crippen LogP contribution < -0.4 is 5.09 Å². The lowest BCUT2D eigenvalue weighted by Gasteiger charge is -2.14. The largest absolute Gasteiger partial charge is 0.291 e. The van der Waals surface area contributed by atoms with E-state index in [1.54, 1.807) is 12.5 Å². The van der Waals surface area contributed by atoms with Crippen molar-refractivity contribution in [2.24, 2.45) is 0 Å². The fourth-order valence-electron chi connectivity index (χ4n) is 0.620. The Labute approximate surface area is 102 Å². The molecular formula is C6H12Cl2NO2PS2. The molecule has 14 heavy (non-hydrogen) atoms. The summed E-state index contributed by atoms with van der Waals surface area (Å²) in [7, 11) is 0. The summed E-state index contributed by atoms with van der Waals surface area (Å²) in [5.41, 5.74) is -2.67. The number of alkyl halides is 2. The number of hydrogen-bond acceptors (Lipinski definition) is 4. The summed E-state index contributed by atoms with van der Waals surface area (Å²) < 4.78 is 11.7. The van der Waals surface area contributed by atoms with E-state index >= 15 is 0 Å². The van der Waals surface area contributed by atoms with Gasteiger partial charge in [-0.1, -0.05) is 22.8 Å². The second-order valence-corrected chi connectivity index (χ2v) is 11.2. The molecule has 0 radical (unpaired) electrons. The zero-order valence-electron chi connectivity index (χ0n) is 7.83. The van der Waals surface area contributed by atoms with Gasteiger partial charge in [-0.2, -0.15) is 0 Å². The third kappa shape index (κ3) is 5.76. The minimum absolute atomic E-state index is 0.0934. The molecule has 8 heteroatoms. The molecule has 0 bridgehead atoms. The van der Waals surface area contributed by atoms with Crippen LogP contribution in [0.15, 0.2) is 0 Å². The van der Waals surface area contributed by atoms with Crippen LogP contribution in [0.5, 0.6) is 0 Å². The Bertz CT molecular complexity index is 234. The van der Waals surface area contributed by atoms with Gasteiger partial charge in [0.1, 0.15) is 0 Å². The van der Waals surface area contributed by atoms with Crippen molar-refractivity contribution < 1.29 is 9.36 Å². The summed E-state index contributed by atoms with van der Waals surface area (Å²) in [6.45, 7) is 0. The SMILES string of the molecule is CSP(=O)(NC(=O)CC(Cl)CCl)SC. The van der Waals surface area contributed by atoms with Gasteiger partial charge >= 0.3 is 0 Å². The van der Waals surface area contributed by atoms with Crippen LogP contribution in [0.2, 0.25) is 0 Å². The van der Waals surface area contributed by atoms with Crippen LogP contribution in [0.1, 0.15) is 6.42 Å². The van der Waals surface area contributed by atoms with E-state index in [4.69, 9.17) is 23.2 Å². The number of halogens is 2. The van der Waals surface area contributed by atoms with E-state index in [1.165, 1.54) is 0 Å². The molecule has 0 fully saturated rings. The summed E-state index contributed by atoms with van der Waals surface area (Å²) in [4.78, 5) is 11.3. The van der Waals surface area contributed by atoms with E-state index in [0.717, 1.165) is 22.8 Å². The maximum atomic E-state index is 11.7. The van der Waals surface area contributed by atoms with Crippen LogP contribution in [-0.4, -0.2) is 29.7 Å². The van der Waals surface area contributed by atoms with E-state index in [2.05, 4.69) is 5.09 Å². The molecule has 0 aromatic heterocycles. The van der Waals surface area contributed by atoms with Crippen molar-refractivity contribution in [2.45, 2.75) is 11.8 Å². The van der Waals surface area contributed by atoms with E-state index < -0.39 is 11.1 Å².